The van der Waals surface area contributed by atoms with Crippen molar-refractivity contribution < 1.29 is 39.3 Å². The zero-order valence-electron chi connectivity index (χ0n) is 20.0. The molecule has 0 saturated carbocycles. The highest BCUT2D eigenvalue weighted by Gasteiger charge is 2.33. The fourth-order valence-corrected chi connectivity index (χ4v) is 3.04. The number of carbonyl (C=O) groups excluding carboxylic acids is 3. The maximum absolute atomic E-state index is 13.0. The van der Waals surface area contributed by atoms with Gasteiger partial charge in [0.05, 0.1) is 12.1 Å². The van der Waals surface area contributed by atoms with E-state index >= 15 is 0 Å². The van der Waals surface area contributed by atoms with Gasteiger partial charge >= 0.3 is 11.9 Å². The number of carboxylic acids is 2. The fraction of sp³-hybridized carbons (Fsp3) is 0.762. The van der Waals surface area contributed by atoms with E-state index < -0.39 is 59.9 Å². The molecule has 0 spiro atoms. The van der Waals surface area contributed by atoms with Crippen molar-refractivity contribution in [1.82, 2.24) is 16.0 Å². The van der Waals surface area contributed by atoms with E-state index in [0.717, 1.165) is 0 Å². The Labute approximate surface area is 199 Å². The first-order valence-corrected chi connectivity index (χ1v) is 11.3. The van der Waals surface area contributed by atoms with Gasteiger partial charge in [0.2, 0.25) is 17.7 Å². The molecule has 0 rings (SSSR count). The average Bonchev–Trinajstić information content (AvgIpc) is 2.77. The predicted molar refractivity (Wildman–Crippen MR) is 122 cm³/mol. The molecule has 6 unspecified atom stereocenters. The quantitative estimate of drug-likeness (QED) is 0.107. The second-order valence-electron chi connectivity index (χ2n) is 8.32. The third kappa shape index (κ3) is 11.4. The number of carboxylic acid groups (broad SMARTS) is 2. The van der Waals surface area contributed by atoms with Crippen molar-refractivity contribution in [3.8, 4) is 0 Å². The molecule has 13 heteroatoms. The molecule has 0 heterocycles. The Hall–Kier alpha value is -2.77. The first-order valence-electron chi connectivity index (χ1n) is 11.3. The van der Waals surface area contributed by atoms with Gasteiger partial charge in [-0.05, 0) is 45.1 Å². The number of aliphatic carboxylic acids is 2. The second-order valence-corrected chi connectivity index (χ2v) is 8.32. The SMILES string of the molecule is CCC(C)C(NC(=O)C(N)CCC(=O)O)C(=O)NC(CCCCN)C(=O)NC(C(=O)O)C(C)O. The number of amides is 3. The van der Waals surface area contributed by atoms with Crippen LogP contribution >= 0.6 is 0 Å². The number of rotatable bonds is 17. The number of hydrogen-bond acceptors (Lipinski definition) is 8. The van der Waals surface area contributed by atoms with Crippen molar-refractivity contribution in [3.05, 3.63) is 0 Å². The van der Waals surface area contributed by atoms with Crippen LogP contribution in [-0.4, -0.2) is 81.8 Å². The molecule has 0 aromatic heterocycles. The summed E-state index contributed by atoms with van der Waals surface area (Å²) in [5.74, 6) is -5.08. The van der Waals surface area contributed by atoms with Crippen molar-refractivity contribution >= 4 is 29.7 Å². The van der Waals surface area contributed by atoms with Crippen LogP contribution in [-0.2, 0) is 24.0 Å². The minimum atomic E-state index is -1.57. The summed E-state index contributed by atoms with van der Waals surface area (Å²) in [6, 6.07) is -4.91. The van der Waals surface area contributed by atoms with Crippen molar-refractivity contribution in [2.24, 2.45) is 17.4 Å². The Morgan fingerprint density at radius 3 is 1.91 bits per heavy atom. The molecule has 10 N–H and O–H groups in total. The van der Waals surface area contributed by atoms with E-state index in [2.05, 4.69) is 16.0 Å². The lowest BCUT2D eigenvalue weighted by Gasteiger charge is -2.28. The molecule has 0 aromatic rings. The van der Waals surface area contributed by atoms with Gasteiger partial charge in [0, 0.05) is 6.42 Å². The van der Waals surface area contributed by atoms with Gasteiger partial charge in [-0.2, -0.15) is 0 Å². The van der Waals surface area contributed by atoms with Crippen LogP contribution in [0.3, 0.4) is 0 Å². The highest BCUT2D eigenvalue weighted by Crippen LogP contribution is 2.11. The molecule has 0 bridgehead atoms. The lowest BCUT2D eigenvalue weighted by atomic mass is 9.96. The molecule has 6 atom stereocenters. The molecule has 0 radical (unpaired) electrons. The molecule has 3 amide bonds. The van der Waals surface area contributed by atoms with Gasteiger partial charge in [-0.3, -0.25) is 19.2 Å². The smallest absolute Gasteiger partial charge is 0.328 e. The van der Waals surface area contributed by atoms with Crippen LogP contribution in [0.15, 0.2) is 0 Å². The Morgan fingerprint density at radius 2 is 1.44 bits per heavy atom. The van der Waals surface area contributed by atoms with E-state index in [0.29, 0.717) is 25.8 Å². The number of carbonyl (C=O) groups is 5. The van der Waals surface area contributed by atoms with Crippen LogP contribution in [0, 0.1) is 5.92 Å². The minimum Gasteiger partial charge on any atom is -0.481 e. The molecule has 196 valence electrons. The molecule has 0 aliphatic heterocycles. The number of nitrogens with two attached hydrogens (primary N) is 2. The number of hydrogen-bond donors (Lipinski definition) is 8. The van der Waals surface area contributed by atoms with Gasteiger partial charge in [-0.25, -0.2) is 4.79 Å². The highest BCUT2D eigenvalue weighted by molar-refractivity contribution is 5.94. The van der Waals surface area contributed by atoms with E-state index in [4.69, 9.17) is 16.6 Å². The minimum absolute atomic E-state index is 0.115. The van der Waals surface area contributed by atoms with Gasteiger partial charge in [0.15, 0.2) is 6.04 Å². The van der Waals surface area contributed by atoms with Gasteiger partial charge in [0.1, 0.15) is 12.1 Å². The van der Waals surface area contributed by atoms with Crippen LogP contribution in [0.4, 0.5) is 0 Å². The third-order valence-corrected chi connectivity index (χ3v) is 5.43. The molecule has 0 saturated heterocycles. The Balaban J connectivity index is 5.53. The second kappa shape index (κ2) is 16.0. The normalized spacial score (nSPS) is 16.3. The van der Waals surface area contributed by atoms with E-state index in [1.807, 2.05) is 0 Å². The Morgan fingerprint density at radius 1 is 0.853 bits per heavy atom. The highest BCUT2D eigenvalue weighted by atomic mass is 16.4. The van der Waals surface area contributed by atoms with E-state index in [-0.39, 0.29) is 25.2 Å². The number of nitrogens with one attached hydrogen (secondary N) is 3. The summed E-state index contributed by atoms with van der Waals surface area (Å²) in [4.78, 5) is 60.2. The third-order valence-electron chi connectivity index (χ3n) is 5.43. The monoisotopic (exact) mass is 489 g/mol. The first kappa shape index (κ1) is 31.2. The molecule has 0 aliphatic rings. The maximum atomic E-state index is 13.0. The summed E-state index contributed by atoms with van der Waals surface area (Å²) >= 11 is 0. The molecule has 34 heavy (non-hydrogen) atoms. The van der Waals surface area contributed by atoms with Gasteiger partial charge in [-0.1, -0.05) is 20.3 Å². The maximum Gasteiger partial charge on any atom is 0.328 e. The number of unbranched alkanes of at least 4 members (excludes halogenated alkanes) is 1. The predicted octanol–water partition coefficient (Wildman–Crippen LogP) is -1.73. The van der Waals surface area contributed by atoms with Gasteiger partial charge < -0.3 is 42.7 Å². The van der Waals surface area contributed by atoms with Crippen LogP contribution in [0.1, 0.15) is 59.3 Å². The first-order chi connectivity index (χ1) is 15.8. The van der Waals surface area contributed by atoms with Crippen molar-refractivity contribution in [1.29, 1.82) is 0 Å². The van der Waals surface area contributed by atoms with Crippen molar-refractivity contribution in [2.45, 2.75) is 89.6 Å². The van der Waals surface area contributed by atoms with Crippen LogP contribution < -0.4 is 27.4 Å². The fourth-order valence-electron chi connectivity index (χ4n) is 3.04. The molecule has 0 fully saturated rings. The summed E-state index contributed by atoms with van der Waals surface area (Å²) in [6.07, 6.45) is -0.135. The summed E-state index contributed by atoms with van der Waals surface area (Å²) in [7, 11) is 0. The van der Waals surface area contributed by atoms with Crippen LogP contribution in [0.2, 0.25) is 0 Å². The van der Waals surface area contributed by atoms with Crippen molar-refractivity contribution in [2.75, 3.05) is 6.54 Å². The van der Waals surface area contributed by atoms with E-state index in [1.54, 1.807) is 13.8 Å². The molecule has 0 aromatic carbocycles. The van der Waals surface area contributed by atoms with E-state index in [1.165, 1.54) is 6.92 Å². The van der Waals surface area contributed by atoms with E-state index in [9.17, 15) is 34.2 Å². The largest absolute Gasteiger partial charge is 0.481 e. The Bertz CT molecular complexity index is 703. The molecule has 0 aliphatic carbocycles. The van der Waals surface area contributed by atoms with Gasteiger partial charge in [0.25, 0.3) is 0 Å². The zero-order chi connectivity index (χ0) is 26.4. The zero-order valence-corrected chi connectivity index (χ0v) is 20.0. The summed E-state index contributed by atoms with van der Waals surface area (Å²) in [5.41, 5.74) is 11.2. The number of aliphatic hydroxyl groups excluding tert-OH is 1. The Kier molecular flexibility index (Phi) is 14.7. The molecular weight excluding hydrogens is 450 g/mol. The average molecular weight is 490 g/mol. The standard InChI is InChI=1S/C21H39N5O8/c1-4-11(2)16(25-18(30)13(23)8-9-15(28)29)20(32)24-14(7-5-6-10-22)19(31)26-17(12(3)27)21(33)34/h11-14,16-17,27H,4-10,22-23H2,1-3H3,(H,24,32)(H,25,30)(H,26,31)(H,28,29)(H,33,34). The van der Waals surface area contributed by atoms with Crippen molar-refractivity contribution in [3.63, 3.8) is 0 Å². The lowest BCUT2D eigenvalue weighted by Crippen LogP contribution is -2.59. The van der Waals surface area contributed by atoms with Gasteiger partial charge in [-0.15, -0.1) is 0 Å². The summed E-state index contributed by atoms with van der Waals surface area (Å²) in [5, 5.41) is 34.9. The summed E-state index contributed by atoms with van der Waals surface area (Å²) < 4.78 is 0. The topological polar surface area (TPSA) is 234 Å². The van der Waals surface area contributed by atoms with Crippen LogP contribution in [0.5, 0.6) is 0 Å². The van der Waals surface area contributed by atoms with Crippen LogP contribution in [0.25, 0.3) is 0 Å². The number of aliphatic hydroxyl groups is 1. The molecule has 13 nitrogen and oxygen atoms in total. The lowest BCUT2D eigenvalue weighted by molar-refractivity contribution is -0.145. The summed E-state index contributed by atoms with van der Waals surface area (Å²) in [6.45, 7) is 5.08. The molecular formula is C21H39N5O8.